The fraction of sp³-hybridized carbons (Fsp3) is 0.605. The summed E-state index contributed by atoms with van der Waals surface area (Å²) < 4.78 is 66.1. The maximum absolute atomic E-state index is 13.7. The van der Waals surface area contributed by atoms with Crippen LogP contribution >= 0.6 is 0 Å². The first-order valence-corrected chi connectivity index (χ1v) is 17.9. The van der Waals surface area contributed by atoms with Crippen LogP contribution in [0, 0.1) is 17.8 Å². The number of hydrogen-bond donors (Lipinski definition) is 2. The van der Waals surface area contributed by atoms with Gasteiger partial charge in [0.2, 0.25) is 0 Å². The van der Waals surface area contributed by atoms with E-state index in [2.05, 4.69) is 39.5 Å². The highest BCUT2D eigenvalue weighted by atomic mass is 19.4. The Balaban J connectivity index is 1.31. The molecular weight excluding hydrogens is 693 g/mol. The molecule has 3 aromatic rings. The molecule has 292 valence electrons. The van der Waals surface area contributed by atoms with Gasteiger partial charge in [-0.2, -0.15) is 18.3 Å². The molecule has 0 spiro atoms. The van der Waals surface area contributed by atoms with E-state index in [1.165, 1.54) is 4.57 Å². The van der Waals surface area contributed by atoms with Crippen molar-refractivity contribution in [2.75, 3.05) is 58.4 Å². The Bertz CT molecular complexity index is 1730. The van der Waals surface area contributed by atoms with E-state index >= 15 is 0 Å². The molecule has 0 bridgehead atoms. The Kier molecular flexibility index (Phi) is 14.2. The van der Waals surface area contributed by atoms with Crippen LogP contribution in [0.3, 0.4) is 0 Å². The summed E-state index contributed by atoms with van der Waals surface area (Å²) >= 11 is 0. The van der Waals surface area contributed by atoms with Crippen molar-refractivity contribution in [3.05, 3.63) is 47.9 Å². The summed E-state index contributed by atoms with van der Waals surface area (Å²) in [5.41, 5.74) is 0.329. The van der Waals surface area contributed by atoms with Crippen molar-refractivity contribution in [3.63, 3.8) is 0 Å². The number of halogens is 3. The molecule has 2 N–H and O–H groups in total. The number of aromatic nitrogens is 3. The van der Waals surface area contributed by atoms with Crippen LogP contribution in [0.4, 0.5) is 23.7 Å². The maximum atomic E-state index is 13.7. The second-order valence-corrected chi connectivity index (χ2v) is 15.2. The van der Waals surface area contributed by atoms with Gasteiger partial charge in [0.15, 0.2) is 5.69 Å². The molecule has 4 rings (SSSR count). The van der Waals surface area contributed by atoms with Gasteiger partial charge in [0.05, 0.1) is 44.1 Å². The number of nitrogens with zero attached hydrogens (tertiary/aromatic N) is 4. The molecule has 15 heteroatoms. The van der Waals surface area contributed by atoms with Crippen LogP contribution in [0.2, 0.25) is 0 Å². The molecular formula is C38H53F3N6O6. The molecule has 1 saturated heterocycles. The van der Waals surface area contributed by atoms with Crippen LogP contribution in [0.15, 0.2) is 36.5 Å². The van der Waals surface area contributed by atoms with E-state index in [9.17, 15) is 22.8 Å². The van der Waals surface area contributed by atoms with Gasteiger partial charge in [0, 0.05) is 36.5 Å². The Morgan fingerprint density at radius 3 is 2.40 bits per heavy atom. The van der Waals surface area contributed by atoms with Crippen molar-refractivity contribution in [1.29, 1.82) is 0 Å². The lowest BCUT2D eigenvalue weighted by Crippen LogP contribution is -2.45. The van der Waals surface area contributed by atoms with Crippen LogP contribution in [-0.2, 0) is 32.0 Å². The summed E-state index contributed by atoms with van der Waals surface area (Å²) in [6, 6.07) is 8.66. The molecule has 53 heavy (non-hydrogen) atoms. The average molecular weight is 747 g/mol. The maximum Gasteiger partial charge on any atom is 0.408 e. The van der Waals surface area contributed by atoms with E-state index in [0.29, 0.717) is 43.9 Å². The van der Waals surface area contributed by atoms with E-state index in [4.69, 9.17) is 18.9 Å². The van der Waals surface area contributed by atoms with Gasteiger partial charge in [-0.1, -0.05) is 12.0 Å². The standard InChI is InChI=1S/C38H53F3N6O6/c1-36(2,3)52-34(48)32-14-18-46(44-32)19-21-51-23-22-50-20-15-27-25-45(7)17-13-30(27)43-31-11-8-12-33-29(31)24-28(47(33)26-38(39,40)41)10-9-16-42-35(49)53-37(4,5)6/h8,11-12,14,18,24,27,30,43H,13,15-17,19-23,25-26H2,1-7H3,(H,42,49). The van der Waals surface area contributed by atoms with E-state index < -0.39 is 36.0 Å². The first-order valence-electron chi connectivity index (χ1n) is 17.9. The lowest BCUT2D eigenvalue weighted by molar-refractivity contribution is -0.140. The molecule has 1 fully saturated rings. The third-order valence-corrected chi connectivity index (χ3v) is 8.22. The highest BCUT2D eigenvalue weighted by molar-refractivity contribution is 5.94. The minimum Gasteiger partial charge on any atom is -0.455 e. The van der Waals surface area contributed by atoms with Crippen LogP contribution in [-0.4, -0.2) is 108 Å². The van der Waals surface area contributed by atoms with Crippen molar-refractivity contribution in [1.82, 2.24) is 24.6 Å². The Labute approximate surface area is 309 Å². The Hall–Kier alpha value is -4.26. The second-order valence-electron chi connectivity index (χ2n) is 15.2. The molecule has 1 aliphatic rings. The summed E-state index contributed by atoms with van der Waals surface area (Å²) in [6.45, 7) is 13.3. The van der Waals surface area contributed by atoms with Crippen LogP contribution in [0.1, 0.15) is 70.6 Å². The number of alkyl halides is 3. The number of carbonyl (C=O) groups excluding carboxylic acids is 2. The normalized spacial score (nSPS) is 16.9. The Morgan fingerprint density at radius 1 is 0.981 bits per heavy atom. The number of benzene rings is 1. The largest absolute Gasteiger partial charge is 0.455 e. The zero-order chi connectivity index (χ0) is 38.8. The minimum atomic E-state index is -4.46. The summed E-state index contributed by atoms with van der Waals surface area (Å²) in [5.74, 6) is 5.35. The van der Waals surface area contributed by atoms with E-state index in [0.717, 1.165) is 31.6 Å². The molecule has 0 radical (unpaired) electrons. The van der Waals surface area contributed by atoms with Gasteiger partial charge in [-0.25, -0.2) is 9.59 Å². The van der Waals surface area contributed by atoms with Crippen molar-refractivity contribution in [3.8, 4) is 11.8 Å². The van der Waals surface area contributed by atoms with Gasteiger partial charge >= 0.3 is 18.2 Å². The number of ether oxygens (including phenoxy) is 4. The monoisotopic (exact) mass is 746 g/mol. The van der Waals surface area contributed by atoms with Crippen molar-refractivity contribution < 1.29 is 41.7 Å². The lowest BCUT2D eigenvalue weighted by Gasteiger charge is -2.38. The van der Waals surface area contributed by atoms with Crippen molar-refractivity contribution in [2.45, 2.75) is 90.9 Å². The molecule has 12 nitrogen and oxygen atoms in total. The predicted molar refractivity (Wildman–Crippen MR) is 196 cm³/mol. The molecule has 1 aromatic carbocycles. The topological polar surface area (TPSA) is 121 Å². The number of fused-ring (bicyclic) bond motifs is 1. The lowest BCUT2D eigenvalue weighted by atomic mass is 9.89. The summed E-state index contributed by atoms with van der Waals surface area (Å²) in [5, 5.41) is 11.1. The third kappa shape index (κ3) is 13.9. The molecule has 2 unspecified atom stereocenters. The number of anilines is 1. The fourth-order valence-corrected chi connectivity index (χ4v) is 5.97. The quantitative estimate of drug-likeness (QED) is 0.115. The number of nitrogens with one attached hydrogen (secondary N) is 2. The average Bonchev–Trinajstić information content (AvgIpc) is 3.65. The van der Waals surface area contributed by atoms with Gasteiger partial charge in [0.25, 0.3) is 0 Å². The molecule has 0 saturated carbocycles. The number of rotatable bonds is 14. The van der Waals surface area contributed by atoms with E-state index in [1.54, 1.807) is 76.7 Å². The van der Waals surface area contributed by atoms with Crippen LogP contribution < -0.4 is 10.6 Å². The number of piperidine rings is 1. The smallest absolute Gasteiger partial charge is 0.408 e. The zero-order valence-electron chi connectivity index (χ0n) is 31.8. The van der Waals surface area contributed by atoms with Gasteiger partial charge in [-0.15, -0.1) is 0 Å². The number of alkyl carbamates (subject to hydrolysis) is 1. The van der Waals surface area contributed by atoms with E-state index in [-0.39, 0.29) is 29.9 Å². The molecule has 0 aliphatic carbocycles. The van der Waals surface area contributed by atoms with Gasteiger partial charge < -0.3 is 39.0 Å². The molecule has 2 atom stereocenters. The van der Waals surface area contributed by atoms with Crippen LogP contribution in [0.5, 0.6) is 0 Å². The number of carbonyl (C=O) groups is 2. The SMILES string of the molecule is CN1CCC(Nc2cccc3c2cc(C#CCNC(=O)OC(C)(C)C)n3CC(F)(F)F)C(CCOCCOCCn2ccc(C(=O)OC(C)(C)C)n2)C1. The molecule has 1 amide bonds. The van der Waals surface area contributed by atoms with Gasteiger partial charge in [-0.3, -0.25) is 4.68 Å². The number of amides is 1. The van der Waals surface area contributed by atoms with Crippen LogP contribution in [0.25, 0.3) is 10.9 Å². The summed E-state index contributed by atoms with van der Waals surface area (Å²) in [7, 11) is 2.08. The molecule has 2 aromatic heterocycles. The zero-order valence-corrected chi connectivity index (χ0v) is 31.8. The fourth-order valence-electron chi connectivity index (χ4n) is 5.97. The summed E-state index contributed by atoms with van der Waals surface area (Å²) in [6.07, 6.45) is -1.76. The van der Waals surface area contributed by atoms with Gasteiger partial charge in [-0.05, 0) is 104 Å². The van der Waals surface area contributed by atoms with Crippen molar-refractivity contribution in [2.24, 2.45) is 5.92 Å². The highest BCUT2D eigenvalue weighted by Crippen LogP contribution is 2.32. The predicted octanol–water partition coefficient (Wildman–Crippen LogP) is 6.09. The Morgan fingerprint density at radius 2 is 1.70 bits per heavy atom. The van der Waals surface area contributed by atoms with Gasteiger partial charge in [0.1, 0.15) is 17.7 Å². The highest BCUT2D eigenvalue weighted by Gasteiger charge is 2.31. The first kappa shape index (κ1) is 41.5. The summed E-state index contributed by atoms with van der Waals surface area (Å²) in [4.78, 5) is 26.4. The third-order valence-electron chi connectivity index (χ3n) is 8.22. The van der Waals surface area contributed by atoms with Crippen molar-refractivity contribution >= 4 is 28.7 Å². The minimum absolute atomic E-state index is 0.0785. The molecule has 3 heterocycles. The molecule has 1 aliphatic heterocycles. The van der Waals surface area contributed by atoms with E-state index in [1.807, 2.05) is 6.07 Å². The first-order chi connectivity index (χ1) is 24.9. The number of hydrogen-bond acceptors (Lipinski definition) is 9. The second kappa shape index (κ2) is 18.2. The number of esters is 1. The number of likely N-dealkylation sites (tertiary alicyclic amines) is 1.